The fraction of sp³-hybridized carbons (Fsp3) is 0.750. The molecule has 0 amide bonds. The van der Waals surface area contributed by atoms with Crippen LogP contribution in [0.5, 0.6) is 0 Å². The predicted octanol–water partition coefficient (Wildman–Crippen LogP) is 0.261. The zero-order valence-corrected chi connectivity index (χ0v) is 7.53. The average molecular weight is 172 g/mol. The molecule has 3 nitrogen and oxygen atoms in total. The molecule has 0 aliphatic rings. The van der Waals surface area contributed by atoms with Crippen LogP contribution in [0.2, 0.25) is 6.32 Å². The van der Waals surface area contributed by atoms with Gasteiger partial charge in [-0.3, -0.25) is 0 Å². The van der Waals surface area contributed by atoms with Crippen molar-refractivity contribution in [3.63, 3.8) is 0 Å². The summed E-state index contributed by atoms with van der Waals surface area (Å²) in [6.07, 6.45) is 8.20. The van der Waals surface area contributed by atoms with Gasteiger partial charge in [0.2, 0.25) is 0 Å². The van der Waals surface area contributed by atoms with E-state index in [1.54, 1.807) is 0 Å². The maximum absolute atomic E-state index is 8.33. The van der Waals surface area contributed by atoms with Crippen molar-refractivity contribution in [1.29, 1.82) is 0 Å². The van der Waals surface area contributed by atoms with Crippen LogP contribution >= 0.6 is 0 Å². The molecule has 0 fully saturated rings. The number of rotatable bonds is 4. The summed E-state index contributed by atoms with van der Waals surface area (Å²) < 4.78 is 0. The highest BCUT2D eigenvalue weighted by atomic mass is 16.4. The van der Waals surface area contributed by atoms with E-state index in [2.05, 4.69) is 13.3 Å². The SMILES string of the molecule is C#CCO.CCCCCB(O)O. The van der Waals surface area contributed by atoms with Gasteiger partial charge in [-0.25, -0.2) is 0 Å². The Hall–Kier alpha value is -0.495. The number of hydrogen-bond acceptors (Lipinski definition) is 3. The van der Waals surface area contributed by atoms with Crippen LogP contribution in [0.3, 0.4) is 0 Å². The van der Waals surface area contributed by atoms with E-state index in [9.17, 15) is 0 Å². The first-order valence-electron chi connectivity index (χ1n) is 4.09. The lowest BCUT2D eigenvalue weighted by atomic mass is 9.84. The number of terminal acetylenes is 1. The Morgan fingerprint density at radius 1 is 1.33 bits per heavy atom. The first-order valence-corrected chi connectivity index (χ1v) is 4.09. The van der Waals surface area contributed by atoms with E-state index in [4.69, 9.17) is 15.2 Å². The van der Waals surface area contributed by atoms with E-state index in [-0.39, 0.29) is 6.61 Å². The maximum atomic E-state index is 8.33. The summed E-state index contributed by atoms with van der Waals surface area (Å²) in [7, 11) is -1.10. The van der Waals surface area contributed by atoms with Crippen molar-refractivity contribution in [1.82, 2.24) is 0 Å². The van der Waals surface area contributed by atoms with E-state index < -0.39 is 7.12 Å². The maximum Gasteiger partial charge on any atom is 0.451 e. The number of aliphatic hydroxyl groups excluding tert-OH is 1. The Kier molecular flexibility index (Phi) is 15.4. The van der Waals surface area contributed by atoms with Crippen molar-refractivity contribution in [3.8, 4) is 12.3 Å². The number of aliphatic hydroxyl groups is 1. The normalized spacial score (nSPS) is 7.92. The van der Waals surface area contributed by atoms with Gasteiger partial charge in [0, 0.05) is 0 Å². The molecule has 70 valence electrons. The highest BCUT2D eigenvalue weighted by Crippen LogP contribution is 1.99. The van der Waals surface area contributed by atoms with Crippen LogP contribution in [0.4, 0.5) is 0 Å². The Labute approximate surface area is 74.6 Å². The number of hydrogen-bond donors (Lipinski definition) is 3. The minimum absolute atomic E-state index is 0.153. The monoisotopic (exact) mass is 172 g/mol. The Morgan fingerprint density at radius 3 is 2.08 bits per heavy atom. The Morgan fingerprint density at radius 2 is 1.83 bits per heavy atom. The fourth-order valence-corrected chi connectivity index (χ4v) is 0.577. The molecule has 12 heavy (non-hydrogen) atoms. The topological polar surface area (TPSA) is 60.7 Å². The summed E-state index contributed by atoms with van der Waals surface area (Å²) in [5, 5.41) is 24.3. The third-order valence-corrected chi connectivity index (χ3v) is 1.16. The van der Waals surface area contributed by atoms with Gasteiger partial charge in [-0.05, 0) is 6.32 Å². The molecular weight excluding hydrogens is 155 g/mol. The first kappa shape index (κ1) is 14.1. The van der Waals surface area contributed by atoms with Crippen LogP contribution < -0.4 is 0 Å². The first-order chi connectivity index (χ1) is 5.68. The molecule has 0 bridgehead atoms. The Balaban J connectivity index is 0. The molecule has 0 aliphatic carbocycles. The van der Waals surface area contributed by atoms with Crippen molar-refractivity contribution in [3.05, 3.63) is 0 Å². The van der Waals surface area contributed by atoms with Gasteiger partial charge in [0.15, 0.2) is 0 Å². The van der Waals surface area contributed by atoms with Crippen molar-refractivity contribution in [2.75, 3.05) is 6.61 Å². The van der Waals surface area contributed by atoms with Crippen LogP contribution in [-0.2, 0) is 0 Å². The molecule has 0 atom stereocenters. The zero-order chi connectivity index (χ0) is 9.82. The van der Waals surface area contributed by atoms with E-state index in [0.717, 1.165) is 19.3 Å². The van der Waals surface area contributed by atoms with Gasteiger partial charge in [0.25, 0.3) is 0 Å². The molecule has 0 saturated heterocycles. The van der Waals surface area contributed by atoms with Gasteiger partial charge in [0.1, 0.15) is 6.61 Å². The molecule has 0 aromatic carbocycles. The van der Waals surface area contributed by atoms with Crippen LogP contribution in [0.25, 0.3) is 0 Å². The van der Waals surface area contributed by atoms with Gasteiger partial charge in [0.05, 0.1) is 0 Å². The minimum Gasteiger partial charge on any atom is -0.427 e. The van der Waals surface area contributed by atoms with Crippen molar-refractivity contribution in [2.24, 2.45) is 0 Å². The second-order valence-electron chi connectivity index (χ2n) is 2.34. The van der Waals surface area contributed by atoms with Gasteiger partial charge in [-0.15, -0.1) is 6.42 Å². The van der Waals surface area contributed by atoms with Crippen LogP contribution in [-0.4, -0.2) is 28.9 Å². The molecule has 3 N–H and O–H groups in total. The van der Waals surface area contributed by atoms with E-state index in [1.807, 2.05) is 5.92 Å². The van der Waals surface area contributed by atoms with Gasteiger partial charge in [-0.1, -0.05) is 32.1 Å². The second kappa shape index (κ2) is 13.1. The van der Waals surface area contributed by atoms with Crippen LogP contribution in [0.15, 0.2) is 0 Å². The molecule has 0 aliphatic heterocycles. The largest absolute Gasteiger partial charge is 0.451 e. The fourth-order valence-electron chi connectivity index (χ4n) is 0.577. The zero-order valence-electron chi connectivity index (χ0n) is 7.53. The highest BCUT2D eigenvalue weighted by molar-refractivity contribution is 6.40. The summed E-state index contributed by atoms with van der Waals surface area (Å²) in [5.74, 6) is 1.99. The van der Waals surface area contributed by atoms with E-state index in [0.29, 0.717) is 6.32 Å². The summed E-state index contributed by atoms with van der Waals surface area (Å²) in [4.78, 5) is 0. The molecule has 0 radical (unpaired) electrons. The summed E-state index contributed by atoms with van der Waals surface area (Å²) in [6, 6.07) is 0. The summed E-state index contributed by atoms with van der Waals surface area (Å²) >= 11 is 0. The molecule has 0 heterocycles. The molecule has 0 aromatic rings. The van der Waals surface area contributed by atoms with E-state index in [1.165, 1.54) is 0 Å². The molecule has 0 spiro atoms. The Bertz CT molecular complexity index is 109. The van der Waals surface area contributed by atoms with Crippen LogP contribution in [0.1, 0.15) is 26.2 Å². The lowest BCUT2D eigenvalue weighted by molar-refractivity contribution is 0.351. The smallest absolute Gasteiger partial charge is 0.427 e. The van der Waals surface area contributed by atoms with Gasteiger partial charge in [-0.2, -0.15) is 0 Å². The average Bonchev–Trinajstić information content (AvgIpc) is 2.05. The van der Waals surface area contributed by atoms with Crippen LogP contribution in [0, 0.1) is 12.3 Å². The lowest BCUT2D eigenvalue weighted by Crippen LogP contribution is -2.09. The molecule has 0 saturated carbocycles. The summed E-state index contributed by atoms with van der Waals surface area (Å²) in [5.41, 5.74) is 0. The minimum atomic E-state index is -1.10. The third kappa shape index (κ3) is 22.7. The van der Waals surface area contributed by atoms with Crippen molar-refractivity contribution < 1.29 is 15.2 Å². The molecule has 0 aromatic heterocycles. The van der Waals surface area contributed by atoms with Gasteiger partial charge < -0.3 is 15.2 Å². The van der Waals surface area contributed by atoms with E-state index >= 15 is 0 Å². The van der Waals surface area contributed by atoms with Gasteiger partial charge >= 0.3 is 7.12 Å². The summed E-state index contributed by atoms with van der Waals surface area (Å²) in [6.45, 7) is 1.93. The van der Waals surface area contributed by atoms with Crippen molar-refractivity contribution in [2.45, 2.75) is 32.5 Å². The molecule has 0 rings (SSSR count). The third-order valence-electron chi connectivity index (χ3n) is 1.16. The molecular formula is C8H17BO3. The lowest BCUT2D eigenvalue weighted by Gasteiger charge is -1.94. The highest BCUT2D eigenvalue weighted by Gasteiger charge is 2.03. The molecule has 4 heteroatoms. The number of unbranched alkanes of at least 4 members (excludes halogenated alkanes) is 2. The quantitative estimate of drug-likeness (QED) is 0.324. The second-order valence-corrected chi connectivity index (χ2v) is 2.34. The predicted molar refractivity (Wildman–Crippen MR) is 50.4 cm³/mol. The molecule has 0 unspecified atom stereocenters. The standard InChI is InChI=1S/C5H13BO2.C3H4O/c1-2-3-4-5-6(7)8;1-2-3-4/h7-8H,2-5H2,1H3;1,4H,3H2. The van der Waals surface area contributed by atoms with Crippen molar-refractivity contribution >= 4 is 7.12 Å².